The molecule has 2 unspecified atom stereocenters. The number of piperidine rings is 1. The predicted molar refractivity (Wildman–Crippen MR) is 156 cm³/mol. The van der Waals surface area contributed by atoms with Gasteiger partial charge in [0.05, 0.1) is 25.6 Å². The Labute approximate surface area is 239 Å². The van der Waals surface area contributed by atoms with Gasteiger partial charge in [-0.15, -0.1) is 0 Å². The zero-order valence-electron chi connectivity index (χ0n) is 23.2. The Kier molecular flexibility index (Phi) is 7.14. The highest BCUT2D eigenvalue weighted by Gasteiger charge is 2.36. The number of pyridine rings is 1. The molecule has 41 heavy (non-hydrogen) atoms. The van der Waals surface area contributed by atoms with Crippen molar-refractivity contribution in [3.8, 4) is 11.5 Å². The smallest absolute Gasteiger partial charge is 0.265 e. The van der Waals surface area contributed by atoms with Crippen LogP contribution in [0.15, 0.2) is 64.3 Å². The van der Waals surface area contributed by atoms with Crippen LogP contribution < -0.4 is 24.7 Å². The largest absolute Gasteiger partial charge is 0.497 e. The Morgan fingerprint density at radius 2 is 1.76 bits per heavy atom. The van der Waals surface area contributed by atoms with E-state index in [0.29, 0.717) is 55.4 Å². The summed E-state index contributed by atoms with van der Waals surface area (Å²) in [5.41, 5.74) is 2.46. The van der Waals surface area contributed by atoms with Crippen molar-refractivity contribution in [1.29, 1.82) is 0 Å². The number of rotatable bonds is 7. The molecule has 3 aromatic rings. The van der Waals surface area contributed by atoms with Gasteiger partial charge in [-0.05, 0) is 61.6 Å². The molecule has 0 saturated carbocycles. The molecule has 2 atom stereocenters. The highest BCUT2D eigenvalue weighted by molar-refractivity contribution is 7.92. The van der Waals surface area contributed by atoms with Crippen LogP contribution in [0.4, 0.5) is 11.4 Å². The zero-order valence-corrected chi connectivity index (χ0v) is 24.0. The van der Waals surface area contributed by atoms with Gasteiger partial charge in [0.1, 0.15) is 16.4 Å². The number of benzene rings is 2. The number of methoxy groups -OCH3 is 2. The van der Waals surface area contributed by atoms with E-state index >= 15 is 0 Å². The average Bonchev–Trinajstić information content (AvgIpc) is 3.52. The highest BCUT2D eigenvalue weighted by atomic mass is 32.2. The number of fused-ring (bicyclic) bond motifs is 4. The number of sulfonamides is 1. The van der Waals surface area contributed by atoms with Crippen molar-refractivity contribution in [2.75, 3.05) is 50.0 Å². The molecular weight excluding hydrogens is 544 g/mol. The van der Waals surface area contributed by atoms with Crippen LogP contribution in [0.25, 0.3) is 0 Å². The first-order chi connectivity index (χ1) is 19.8. The summed E-state index contributed by atoms with van der Waals surface area (Å²) in [6, 6.07) is 15.3. The summed E-state index contributed by atoms with van der Waals surface area (Å²) in [5, 5.41) is 0. The molecule has 1 amide bonds. The van der Waals surface area contributed by atoms with Crippen molar-refractivity contribution in [1.82, 2.24) is 9.47 Å². The summed E-state index contributed by atoms with van der Waals surface area (Å²) in [5.74, 6) is 0.804. The molecule has 1 N–H and O–H groups in total. The lowest BCUT2D eigenvalue weighted by molar-refractivity contribution is 0.0793. The molecule has 2 fully saturated rings. The van der Waals surface area contributed by atoms with Crippen molar-refractivity contribution < 1.29 is 22.7 Å². The van der Waals surface area contributed by atoms with Crippen molar-refractivity contribution in [3.63, 3.8) is 0 Å². The number of hydrogen-bond donors (Lipinski definition) is 1. The quantitative estimate of drug-likeness (QED) is 0.457. The number of ether oxygens (including phenoxy) is 2. The SMILES string of the molecule is COc1ccc(OC)c(S(=O)(=O)Nc2cc(C(=O)N3CCCC3)ccc2N2CC3CC(C2)c2cccc(=O)n2C3)c1. The molecule has 11 heteroatoms. The molecule has 10 nitrogen and oxygen atoms in total. The second kappa shape index (κ2) is 10.8. The van der Waals surface area contributed by atoms with E-state index in [2.05, 4.69) is 9.62 Å². The van der Waals surface area contributed by atoms with E-state index in [4.69, 9.17) is 9.47 Å². The molecule has 2 saturated heterocycles. The fourth-order valence-electron chi connectivity index (χ4n) is 6.42. The number of hydrogen-bond acceptors (Lipinski definition) is 7. The van der Waals surface area contributed by atoms with E-state index in [-0.39, 0.29) is 33.9 Å². The Morgan fingerprint density at radius 3 is 2.51 bits per heavy atom. The fraction of sp³-hybridized carbons (Fsp3) is 0.400. The van der Waals surface area contributed by atoms with E-state index in [9.17, 15) is 18.0 Å². The highest BCUT2D eigenvalue weighted by Crippen LogP contribution is 2.40. The standard InChI is InChI=1S/C30H34N4O6S/c1-39-23-9-11-27(40-2)28(16-23)41(37,38)31-24-15-21(30(36)32-12-3-4-13-32)8-10-26(24)33-17-20-14-22(19-33)25-6-5-7-29(35)34(25)18-20/h5-11,15-16,20,22,31H,3-4,12-14,17-19H2,1-2H3. The number of likely N-dealkylation sites (tertiary alicyclic amines) is 1. The molecule has 0 radical (unpaired) electrons. The number of nitrogens with zero attached hydrogens (tertiary/aromatic N) is 3. The van der Waals surface area contributed by atoms with Crippen LogP contribution in [-0.4, -0.2) is 64.2 Å². The van der Waals surface area contributed by atoms with E-state index in [1.54, 1.807) is 41.3 Å². The molecule has 1 aromatic heterocycles. The number of nitrogens with one attached hydrogen (secondary N) is 1. The molecular formula is C30H34N4O6S. The number of carbonyl (C=O) groups excluding carboxylic acids is 1. The van der Waals surface area contributed by atoms with Crippen LogP contribution in [0.5, 0.6) is 11.5 Å². The topological polar surface area (TPSA) is 110 Å². The van der Waals surface area contributed by atoms with Gasteiger partial charge < -0.3 is 23.8 Å². The molecule has 3 aliphatic heterocycles. The second-order valence-electron chi connectivity index (χ2n) is 11.0. The lowest BCUT2D eigenvalue weighted by Crippen LogP contribution is -2.47. The summed E-state index contributed by atoms with van der Waals surface area (Å²) in [7, 11) is -1.25. The van der Waals surface area contributed by atoms with Crippen LogP contribution in [0.2, 0.25) is 0 Å². The van der Waals surface area contributed by atoms with Crippen LogP contribution in [0.3, 0.4) is 0 Å². The number of amides is 1. The average molecular weight is 579 g/mol. The van der Waals surface area contributed by atoms with Crippen LogP contribution in [0, 0.1) is 5.92 Å². The van der Waals surface area contributed by atoms with E-state index in [1.165, 1.54) is 20.3 Å². The van der Waals surface area contributed by atoms with Gasteiger partial charge in [0.25, 0.3) is 21.5 Å². The van der Waals surface area contributed by atoms with Crippen LogP contribution >= 0.6 is 0 Å². The van der Waals surface area contributed by atoms with E-state index in [0.717, 1.165) is 25.0 Å². The maximum Gasteiger partial charge on any atom is 0.265 e. The third-order valence-corrected chi connectivity index (χ3v) is 9.75. The maximum atomic E-state index is 13.8. The molecule has 2 bridgehead atoms. The fourth-order valence-corrected chi connectivity index (χ4v) is 7.67. The molecule has 0 aliphatic carbocycles. The third kappa shape index (κ3) is 5.14. The molecule has 216 valence electrons. The van der Waals surface area contributed by atoms with Crippen molar-refractivity contribution in [2.24, 2.45) is 5.92 Å². The summed E-state index contributed by atoms with van der Waals surface area (Å²) >= 11 is 0. The molecule has 0 spiro atoms. The summed E-state index contributed by atoms with van der Waals surface area (Å²) < 4.78 is 42.9. The summed E-state index contributed by atoms with van der Waals surface area (Å²) in [4.78, 5) is 29.7. The van der Waals surface area contributed by atoms with E-state index < -0.39 is 10.0 Å². The molecule has 6 rings (SSSR count). The minimum absolute atomic E-state index is 0.0103. The Balaban J connectivity index is 1.39. The summed E-state index contributed by atoms with van der Waals surface area (Å²) in [6.07, 6.45) is 2.88. The lowest BCUT2D eigenvalue weighted by atomic mass is 9.83. The molecule has 2 aromatic carbocycles. The first kappa shape index (κ1) is 27.2. The van der Waals surface area contributed by atoms with Gasteiger partial charge in [0.2, 0.25) is 0 Å². The van der Waals surface area contributed by atoms with Gasteiger partial charge in [0, 0.05) is 62.0 Å². The Bertz CT molecular complexity index is 1650. The van der Waals surface area contributed by atoms with Crippen molar-refractivity contribution in [3.05, 3.63) is 76.2 Å². The van der Waals surface area contributed by atoms with E-state index in [1.807, 2.05) is 16.7 Å². The van der Waals surface area contributed by atoms with Gasteiger partial charge in [-0.25, -0.2) is 8.42 Å². The van der Waals surface area contributed by atoms with Crippen molar-refractivity contribution >= 4 is 27.3 Å². The van der Waals surface area contributed by atoms with Crippen molar-refractivity contribution in [2.45, 2.75) is 36.6 Å². The predicted octanol–water partition coefficient (Wildman–Crippen LogP) is 3.53. The van der Waals surface area contributed by atoms with Crippen LogP contribution in [0.1, 0.15) is 41.2 Å². The first-order valence-corrected chi connectivity index (χ1v) is 15.4. The first-order valence-electron chi connectivity index (χ1n) is 13.9. The van der Waals surface area contributed by atoms with Gasteiger partial charge in [0.15, 0.2) is 0 Å². The minimum atomic E-state index is -4.14. The molecule has 4 heterocycles. The lowest BCUT2D eigenvalue weighted by Gasteiger charge is -2.44. The monoisotopic (exact) mass is 578 g/mol. The number of aromatic nitrogens is 1. The Hall–Kier alpha value is -3.99. The Morgan fingerprint density at radius 1 is 0.951 bits per heavy atom. The zero-order chi connectivity index (χ0) is 28.7. The summed E-state index contributed by atoms with van der Waals surface area (Å²) in [6.45, 7) is 3.29. The van der Waals surface area contributed by atoms with Crippen LogP contribution in [-0.2, 0) is 16.6 Å². The third-order valence-electron chi connectivity index (χ3n) is 8.36. The van der Waals surface area contributed by atoms with Gasteiger partial charge in [-0.1, -0.05) is 6.07 Å². The molecule has 3 aliphatic rings. The number of carbonyl (C=O) groups is 1. The second-order valence-corrected chi connectivity index (χ2v) is 12.6. The van der Waals surface area contributed by atoms with Gasteiger partial charge in [-0.2, -0.15) is 0 Å². The normalized spacial score (nSPS) is 20.0. The van der Waals surface area contributed by atoms with Gasteiger partial charge in [-0.3, -0.25) is 14.3 Å². The number of anilines is 2. The van der Waals surface area contributed by atoms with Gasteiger partial charge >= 0.3 is 0 Å². The minimum Gasteiger partial charge on any atom is -0.497 e. The maximum absolute atomic E-state index is 13.8.